The third kappa shape index (κ3) is 3.43. The fourth-order valence-electron chi connectivity index (χ4n) is 3.03. The van der Waals surface area contributed by atoms with Gasteiger partial charge in [0.05, 0.1) is 6.61 Å². The Bertz CT molecular complexity index is 277. The molecule has 2 rings (SSSR count). The van der Waals surface area contributed by atoms with Crippen molar-refractivity contribution in [2.24, 2.45) is 17.6 Å². The first-order chi connectivity index (χ1) is 8.72. The largest absolute Gasteiger partial charge is 0.395 e. The van der Waals surface area contributed by atoms with Crippen LogP contribution in [0.5, 0.6) is 0 Å². The number of carbonyl (C=O) groups excluding carboxylic acids is 1. The lowest BCUT2D eigenvalue weighted by Crippen LogP contribution is -2.40. The van der Waals surface area contributed by atoms with Gasteiger partial charge in [-0.15, -0.1) is 0 Å². The molecule has 104 valence electrons. The molecule has 2 saturated heterocycles. The smallest absolute Gasteiger partial charge is 0.222 e. The van der Waals surface area contributed by atoms with Crippen molar-refractivity contribution >= 4 is 5.91 Å². The topological polar surface area (TPSA) is 69.8 Å². The highest BCUT2D eigenvalue weighted by Crippen LogP contribution is 2.23. The molecule has 18 heavy (non-hydrogen) atoms. The molecule has 0 aromatic heterocycles. The summed E-state index contributed by atoms with van der Waals surface area (Å²) in [5.74, 6) is 1.27. The third-order valence-electron chi connectivity index (χ3n) is 4.23. The molecule has 0 bridgehead atoms. The van der Waals surface area contributed by atoms with E-state index in [2.05, 4.69) is 4.90 Å². The van der Waals surface area contributed by atoms with E-state index < -0.39 is 0 Å². The monoisotopic (exact) mass is 255 g/mol. The summed E-state index contributed by atoms with van der Waals surface area (Å²) in [6, 6.07) is 0. The molecule has 0 aliphatic carbocycles. The van der Waals surface area contributed by atoms with Crippen LogP contribution in [0.1, 0.15) is 19.3 Å². The molecule has 5 nitrogen and oxygen atoms in total. The van der Waals surface area contributed by atoms with Crippen LogP contribution in [0.15, 0.2) is 0 Å². The van der Waals surface area contributed by atoms with Gasteiger partial charge in [-0.25, -0.2) is 0 Å². The van der Waals surface area contributed by atoms with Crippen molar-refractivity contribution in [1.82, 2.24) is 9.80 Å². The first-order valence-corrected chi connectivity index (χ1v) is 7.04. The molecular weight excluding hydrogens is 230 g/mol. The molecule has 0 radical (unpaired) electrons. The van der Waals surface area contributed by atoms with Crippen LogP contribution in [0.2, 0.25) is 0 Å². The van der Waals surface area contributed by atoms with Crippen molar-refractivity contribution in [3.8, 4) is 0 Å². The molecule has 3 N–H and O–H groups in total. The minimum absolute atomic E-state index is 0.244. The molecule has 1 atom stereocenters. The van der Waals surface area contributed by atoms with Crippen LogP contribution in [0.3, 0.4) is 0 Å². The van der Waals surface area contributed by atoms with Gasteiger partial charge in [-0.2, -0.15) is 0 Å². The number of nitrogens with two attached hydrogens (primary N) is 1. The predicted molar refractivity (Wildman–Crippen MR) is 70.0 cm³/mol. The van der Waals surface area contributed by atoms with Crippen molar-refractivity contribution in [2.45, 2.75) is 19.3 Å². The van der Waals surface area contributed by atoms with E-state index >= 15 is 0 Å². The summed E-state index contributed by atoms with van der Waals surface area (Å²) in [7, 11) is 0. The normalized spacial score (nSPS) is 27.1. The highest BCUT2D eigenvalue weighted by atomic mass is 16.3. The van der Waals surface area contributed by atoms with Gasteiger partial charge in [-0.05, 0) is 44.3 Å². The van der Waals surface area contributed by atoms with E-state index in [1.165, 1.54) is 0 Å². The number of hydrogen-bond donors (Lipinski definition) is 2. The molecule has 2 aliphatic heterocycles. The zero-order chi connectivity index (χ0) is 13.0. The highest BCUT2D eigenvalue weighted by Gasteiger charge is 2.31. The first-order valence-electron chi connectivity index (χ1n) is 7.04. The molecule has 5 heteroatoms. The van der Waals surface area contributed by atoms with E-state index in [1.54, 1.807) is 0 Å². The van der Waals surface area contributed by atoms with Crippen LogP contribution in [0, 0.1) is 11.8 Å². The summed E-state index contributed by atoms with van der Waals surface area (Å²) in [5, 5.41) is 8.90. The fourth-order valence-corrected chi connectivity index (χ4v) is 3.03. The number of rotatable bonds is 5. The number of β-amino-alcohol motifs (C(OH)–C–C–N with tert-alkyl or cyclic N) is 1. The number of carbonyl (C=O) groups is 1. The molecule has 2 aliphatic rings. The quantitative estimate of drug-likeness (QED) is 0.695. The van der Waals surface area contributed by atoms with E-state index in [0.29, 0.717) is 24.8 Å². The van der Waals surface area contributed by atoms with Gasteiger partial charge < -0.3 is 20.6 Å². The standard InChI is InChI=1S/C13H25N3O2/c14-8-12-7-13(18)16(10-12)9-11-1-3-15(4-2-11)5-6-17/h11-12,17H,1-10,14H2. The van der Waals surface area contributed by atoms with Crippen molar-refractivity contribution in [2.75, 3.05) is 45.9 Å². The Kier molecular flexibility index (Phi) is 4.97. The zero-order valence-corrected chi connectivity index (χ0v) is 11.1. The Morgan fingerprint density at radius 1 is 1.28 bits per heavy atom. The maximum Gasteiger partial charge on any atom is 0.222 e. The van der Waals surface area contributed by atoms with Crippen molar-refractivity contribution < 1.29 is 9.90 Å². The maximum absolute atomic E-state index is 11.8. The van der Waals surface area contributed by atoms with Crippen LogP contribution < -0.4 is 5.73 Å². The number of hydrogen-bond acceptors (Lipinski definition) is 4. The van der Waals surface area contributed by atoms with E-state index in [1.807, 2.05) is 4.90 Å². The average molecular weight is 255 g/mol. The Balaban J connectivity index is 1.73. The Morgan fingerprint density at radius 2 is 2.00 bits per heavy atom. The second-order valence-corrected chi connectivity index (χ2v) is 5.61. The summed E-state index contributed by atoms with van der Waals surface area (Å²) in [4.78, 5) is 16.1. The van der Waals surface area contributed by atoms with Crippen LogP contribution in [-0.4, -0.2) is 66.7 Å². The summed E-state index contributed by atoms with van der Waals surface area (Å²) >= 11 is 0. The Morgan fingerprint density at radius 3 is 2.56 bits per heavy atom. The number of aliphatic hydroxyl groups excluding tert-OH is 1. The summed E-state index contributed by atoms with van der Waals surface area (Å²) in [5.41, 5.74) is 5.63. The van der Waals surface area contributed by atoms with Crippen molar-refractivity contribution in [3.63, 3.8) is 0 Å². The van der Waals surface area contributed by atoms with Gasteiger partial charge in [0.15, 0.2) is 0 Å². The second-order valence-electron chi connectivity index (χ2n) is 5.61. The summed E-state index contributed by atoms with van der Waals surface area (Å²) in [6.45, 7) is 5.50. The maximum atomic E-state index is 11.8. The van der Waals surface area contributed by atoms with Crippen LogP contribution in [0.25, 0.3) is 0 Å². The number of amides is 1. The predicted octanol–water partition coefficient (Wildman–Crippen LogP) is -0.502. The molecule has 1 unspecified atom stereocenters. The van der Waals surface area contributed by atoms with E-state index in [4.69, 9.17) is 10.8 Å². The molecule has 0 saturated carbocycles. The van der Waals surface area contributed by atoms with E-state index in [9.17, 15) is 4.79 Å². The average Bonchev–Trinajstić information content (AvgIpc) is 2.73. The van der Waals surface area contributed by atoms with Gasteiger partial charge in [0.2, 0.25) is 5.91 Å². The van der Waals surface area contributed by atoms with E-state index in [0.717, 1.165) is 45.6 Å². The fraction of sp³-hybridized carbons (Fsp3) is 0.923. The molecule has 1 amide bonds. The molecule has 2 heterocycles. The second kappa shape index (κ2) is 6.50. The van der Waals surface area contributed by atoms with Crippen molar-refractivity contribution in [3.05, 3.63) is 0 Å². The number of likely N-dealkylation sites (tertiary alicyclic amines) is 2. The van der Waals surface area contributed by atoms with Gasteiger partial charge in [0.1, 0.15) is 0 Å². The van der Waals surface area contributed by atoms with Crippen molar-refractivity contribution in [1.29, 1.82) is 0 Å². The van der Waals surface area contributed by atoms with Crippen LogP contribution in [-0.2, 0) is 4.79 Å². The van der Waals surface area contributed by atoms with Gasteiger partial charge in [0, 0.05) is 26.1 Å². The summed E-state index contributed by atoms with van der Waals surface area (Å²) in [6.07, 6.45) is 2.91. The summed E-state index contributed by atoms with van der Waals surface area (Å²) < 4.78 is 0. The van der Waals surface area contributed by atoms with Gasteiger partial charge in [0.25, 0.3) is 0 Å². The molecule has 0 aromatic carbocycles. The van der Waals surface area contributed by atoms with Crippen LogP contribution in [0.4, 0.5) is 0 Å². The highest BCUT2D eigenvalue weighted by molar-refractivity contribution is 5.78. The lowest BCUT2D eigenvalue weighted by atomic mass is 9.96. The molecule has 0 spiro atoms. The minimum Gasteiger partial charge on any atom is -0.395 e. The number of nitrogens with zero attached hydrogens (tertiary/aromatic N) is 2. The first kappa shape index (κ1) is 13.8. The molecular formula is C13H25N3O2. The minimum atomic E-state index is 0.244. The molecule has 2 fully saturated rings. The molecule has 0 aromatic rings. The van der Waals surface area contributed by atoms with Gasteiger partial charge in [-0.3, -0.25) is 4.79 Å². The lowest BCUT2D eigenvalue weighted by molar-refractivity contribution is -0.128. The zero-order valence-electron chi connectivity index (χ0n) is 11.1. The third-order valence-corrected chi connectivity index (χ3v) is 4.23. The Hall–Kier alpha value is -0.650. The van der Waals surface area contributed by atoms with Crippen LogP contribution >= 0.6 is 0 Å². The number of piperidine rings is 1. The SMILES string of the molecule is NCC1CC(=O)N(CC2CCN(CCO)CC2)C1. The van der Waals surface area contributed by atoms with E-state index in [-0.39, 0.29) is 12.5 Å². The van der Waals surface area contributed by atoms with Gasteiger partial charge >= 0.3 is 0 Å². The Labute approximate surface area is 109 Å². The van der Waals surface area contributed by atoms with Gasteiger partial charge in [-0.1, -0.05) is 0 Å². The lowest BCUT2D eigenvalue weighted by Gasteiger charge is -2.33. The number of aliphatic hydroxyl groups is 1.